The van der Waals surface area contributed by atoms with E-state index in [1.54, 1.807) is 12.1 Å². The molecule has 9 unspecified atom stereocenters. The van der Waals surface area contributed by atoms with Gasteiger partial charge in [0.15, 0.2) is 0 Å². The minimum atomic E-state index is -0.858. The molecule has 3 heteroatoms. The van der Waals surface area contributed by atoms with Crippen molar-refractivity contribution in [2.45, 2.75) is 106 Å². The first-order valence-electron chi connectivity index (χ1n) is 16.4. The minimum absolute atomic E-state index is 0.0453. The summed E-state index contributed by atoms with van der Waals surface area (Å²) in [6, 6.07) is 7.60. The second kappa shape index (κ2) is 9.19. The van der Waals surface area contributed by atoms with Crippen molar-refractivity contribution in [3.8, 4) is 0 Å². The zero-order valence-electron chi connectivity index (χ0n) is 26.2. The number of aliphatic hydroxyl groups is 1. The van der Waals surface area contributed by atoms with Crippen LogP contribution in [-0.4, -0.2) is 22.8 Å². The van der Waals surface area contributed by atoms with E-state index in [-0.39, 0.29) is 16.2 Å². The summed E-state index contributed by atoms with van der Waals surface area (Å²) in [5.41, 5.74) is 4.12. The third-order valence-electron chi connectivity index (χ3n) is 14.8. The Kier molecular flexibility index (Phi) is 6.55. The van der Waals surface area contributed by atoms with Crippen molar-refractivity contribution < 1.29 is 15.0 Å². The van der Waals surface area contributed by atoms with Gasteiger partial charge in [0.2, 0.25) is 0 Å². The number of benzene rings is 1. The maximum atomic E-state index is 11.5. The summed E-state index contributed by atoms with van der Waals surface area (Å²) >= 11 is 0. The van der Waals surface area contributed by atoms with Gasteiger partial charge in [-0.2, -0.15) is 0 Å². The Bertz CT molecular complexity index is 1190. The molecule has 9 atom stereocenters. The molecule has 1 aromatic carbocycles. The van der Waals surface area contributed by atoms with Crippen LogP contribution >= 0.6 is 0 Å². The third kappa shape index (κ3) is 3.61. The van der Waals surface area contributed by atoms with Gasteiger partial charge < -0.3 is 10.2 Å². The highest BCUT2D eigenvalue weighted by Gasteiger charge is 2.70. The maximum absolute atomic E-state index is 11.5. The fourth-order valence-electron chi connectivity index (χ4n) is 12.7. The predicted octanol–water partition coefficient (Wildman–Crippen LogP) is 9.11. The third-order valence-corrected chi connectivity index (χ3v) is 14.8. The van der Waals surface area contributed by atoms with Crippen LogP contribution in [0.2, 0.25) is 0 Å². The van der Waals surface area contributed by atoms with Crippen LogP contribution in [0.25, 0.3) is 5.57 Å². The zero-order valence-corrected chi connectivity index (χ0v) is 26.2. The highest BCUT2D eigenvalue weighted by molar-refractivity contribution is 5.88. The van der Waals surface area contributed by atoms with Gasteiger partial charge in [-0.1, -0.05) is 66.7 Å². The van der Waals surface area contributed by atoms with Crippen LogP contribution in [0.1, 0.15) is 122 Å². The van der Waals surface area contributed by atoms with Gasteiger partial charge in [-0.05, 0) is 144 Å². The second-order valence-corrected chi connectivity index (χ2v) is 16.6. The average Bonchev–Trinajstić information content (AvgIpc) is 3.29. The van der Waals surface area contributed by atoms with Crippen molar-refractivity contribution in [2.24, 2.45) is 62.6 Å². The first-order valence-corrected chi connectivity index (χ1v) is 16.4. The predicted molar refractivity (Wildman–Crippen MR) is 163 cm³/mol. The molecule has 40 heavy (non-hydrogen) atoms. The number of carbonyl (C=O) groups is 1. The van der Waals surface area contributed by atoms with E-state index in [0.717, 1.165) is 18.3 Å². The van der Waals surface area contributed by atoms with Crippen molar-refractivity contribution in [3.63, 3.8) is 0 Å². The molecule has 0 amide bonds. The first kappa shape index (κ1) is 28.5. The Hall–Kier alpha value is -1.61. The fraction of sp³-hybridized carbons (Fsp3) is 0.757. The van der Waals surface area contributed by atoms with E-state index in [1.807, 2.05) is 12.1 Å². The normalized spacial score (nSPS) is 45.6. The number of allylic oxidation sites excluding steroid dienone is 2. The smallest absolute Gasteiger partial charge is 0.335 e. The molecule has 3 nitrogen and oxygen atoms in total. The van der Waals surface area contributed by atoms with Crippen molar-refractivity contribution in [1.82, 2.24) is 0 Å². The Morgan fingerprint density at radius 1 is 0.875 bits per heavy atom. The van der Waals surface area contributed by atoms with Crippen LogP contribution in [0.3, 0.4) is 0 Å². The summed E-state index contributed by atoms with van der Waals surface area (Å²) in [4.78, 5) is 11.5. The van der Waals surface area contributed by atoms with Gasteiger partial charge in [-0.3, -0.25) is 0 Å². The largest absolute Gasteiger partial charge is 0.478 e. The molecule has 4 fully saturated rings. The number of carboxylic acid groups (broad SMARTS) is 1. The number of fused-ring (bicyclic) bond motifs is 7. The zero-order chi connectivity index (χ0) is 28.9. The van der Waals surface area contributed by atoms with E-state index in [1.165, 1.54) is 62.5 Å². The highest BCUT2D eigenvalue weighted by Crippen LogP contribution is 2.77. The summed E-state index contributed by atoms with van der Waals surface area (Å²) in [6.45, 7) is 18.2. The fourth-order valence-corrected chi connectivity index (χ4v) is 12.7. The number of rotatable bonds is 4. The van der Waals surface area contributed by atoms with Crippen LogP contribution in [0.15, 0.2) is 30.3 Å². The molecule has 220 valence electrons. The van der Waals surface area contributed by atoms with E-state index >= 15 is 0 Å². The van der Waals surface area contributed by atoms with Gasteiger partial charge in [0.25, 0.3) is 0 Å². The number of aliphatic hydroxyl groups excluding tert-OH is 1. The number of hydrogen-bond acceptors (Lipinski definition) is 2. The molecule has 2 N–H and O–H groups in total. The molecule has 5 aliphatic carbocycles. The summed E-state index contributed by atoms with van der Waals surface area (Å²) < 4.78 is 0. The van der Waals surface area contributed by atoms with Crippen LogP contribution in [-0.2, 0) is 0 Å². The van der Waals surface area contributed by atoms with E-state index < -0.39 is 5.97 Å². The SMILES string of the molecule is CC(C)C1CCC2(CO)CCC3(C)C(CCC4C5(C)CC=C(c6ccc(C(=O)O)cc6)C(C)(C)C5CCC43C)C12. The van der Waals surface area contributed by atoms with Gasteiger partial charge in [-0.15, -0.1) is 0 Å². The lowest BCUT2D eigenvalue weighted by molar-refractivity contribution is -0.230. The Balaban J connectivity index is 1.36. The van der Waals surface area contributed by atoms with E-state index in [0.29, 0.717) is 46.7 Å². The number of hydrogen-bond donors (Lipinski definition) is 2. The molecule has 4 saturated carbocycles. The van der Waals surface area contributed by atoms with Crippen LogP contribution in [0.4, 0.5) is 0 Å². The molecular weight excluding hydrogens is 492 g/mol. The lowest BCUT2D eigenvalue weighted by atomic mass is 9.32. The van der Waals surface area contributed by atoms with Gasteiger partial charge in [0.05, 0.1) is 5.56 Å². The summed E-state index contributed by atoms with van der Waals surface area (Å²) in [7, 11) is 0. The van der Waals surface area contributed by atoms with E-state index in [2.05, 4.69) is 54.5 Å². The van der Waals surface area contributed by atoms with Gasteiger partial charge in [-0.25, -0.2) is 4.79 Å². The van der Waals surface area contributed by atoms with E-state index in [4.69, 9.17) is 0 Å². The van der Waals surface area contributed by atoms with Gasteiger partial charge in [0, 0.05) is 6.61 Å². The van der Waals surface area contributed by atoms with Crippen molar-refractivity contribution in [1.29, 1.82) is 0 Å². The molecule has 0 heterocycles. The van der Waals surface area contributed by atoms with Gasteiger partial charge in [0.1, 0.15) is 0 Å². The highest BCUT2D eigenvalue weighted by atomic mass is 16.4. The number of aromatic carboxylic acids is 1. The molecule has 0 spiro atoms. The topological polar surface area (TPSA) is 57.5 Å². The molecule has 0 bridgehead atoms. The molecule has 0 saturated heterocycles. The van der Waals surface area contributed by atoms with Crippen LogP contribution in [0.5, 0.6) is 0 Å². The Labute approximate surface area is 243 Å². The average molecular weight is 547 g/mol. The molecule has 1 aromatic rings. The monoisotopic (exact) mass is 546 g/mol. The minimum Gasteiger partial charge on any atom is -0.478 e. The lowest BCUT2D eigenvalue weighted by Gasteiger charge is -2.72. The molecule has 5 aliphatic rings. The maximum Gasteiger partial charge on any atom is 0.335 e. The van der Waals surface area contributed by atoms with Crippen LogP contribution < -0.4 is 0 Å². The summed E-state index contributed by atoms with van der Waals surface area (Å²) in [5, 5.41) is 20.2. The molecule has 0 aliphatic heterocycles. The van der Waals surface area contributed by atoms with Crippen molar-refractivity contribution in [2.75, 3.05) is 6.61 Å². The first-order chi connectivity index (χ1) is 18.7. The Morgan fingerprint density at radius 2 is 1.57 bits per heavy atom. The molecular formula is C37H54O3. The molecule has 0 radical (unpaired) electrons. The lowest BCUT2D eigenvalue weighted by Crippen LogP contribution is -2.65. The summed E-state index contributed by atoms with van der Waals surface area (Å²) in [5.74, 6) is 3.35. The van der Waals surface area contributed by atoms with Crippen molar-refractivity contribution in [3.05, 3.63) is 41.5 Å². The van der Waals surface area contributed by atoms with E-state index in [9.17, 15) is 15.0 Å². The quantitative estimate of drug-likeness (QED) is 0.396. The second-order valence-electron chi connectivity index (χ2n) is 16.6. The van der Waals surface area contributed by atoms with Gasteiger partial charge >= 0.3 is 5.97 Å². The van der Waals surface area contributed by atoms with Crippen molar-refractivity contribution >= 4 is 11.5 Å². The Morgan fingerprint density at radius 3 is 2.20 bits per heavy atom. The summed E-state index contributed by atoms with van der Waals surface area (Å²) in [6.07, 6.45) is 14.0. The van der Waals surface area contributed by atoms with Crippen LogP contribution in [0, 0.1) is 62.6 Å². The molecule has 6 rings (SSSR count). The number of carboxylic acids is 1. The molecule has 0 aromatic heterocycles. The standard InChI is InChI=1S/C37H54O3/c1-23(2)26-14-19-37(22-38)21-20-35(6)28(31(26)37)12-13-30-34(5)17-15-27(24-8-10-25(11-9-24)32(39)40)33(3,4)29(34)16-18-36(30,35)7/h8-11,15,23,26,28-31,38H,12-14,16-22H2,1-7H3,(H,39,40).